The number of ether oxygens (including phenoxy) is 1. The predicted octanol–water partition coefficient (Wildman–Crippen LogP) is 2.70. The highest BCUT2D eigenvalue weighted by atomic mass is 19.4. The van der Waals surface area contributed by atoms with E-state index in [9.17, 15) is 13.2 Å². The molecular weight excluding hydrogens is 233 g/mol. The third kappa shape index (κ3) is 2.25. The molecule has 0 aliphatic heterocycles. The zero-order chi connectivity index (χ0) is 12.5. The first-order valence-corrected chi connectivity index (χ1v) is 4.69. The van der Waals surface area contributed by atoms with Gasteiger partial charge in [-0.3, -0.25) is 0 Å². The molecule has 1 heterocycles. The molecule has 1 radical (unpaired) electrons. The molecule has 0 spiro atoms. The van der Waals surface area contributed by atoms with Crippen LogP contribution in [-0.4, -0.2) is 16.9 Å². The minimum absolute atomic E-state index is 0.305. The van der Waals surface area contributed by atoms with Gasteiger partial charge in [-0.2, -0.15) is 18.3 Å². The van der Waals surface area contributed by atoms with Gasteiger partial charge in [-0.15, -0.1) is 0 Å². The SMILES string of the molecule is COc1ccc(-n2nc[c]c2C(F)(F)F)cc1. The number of methoxy groups -OCH3 is 1. The van der Waals surface area contributed by atoms with Crippen molar-refractivity contribution in [2.75, 3.05) is 7.11 Å². The van der Waals surface area contributed by atoms with Gasteiger partial charge in [0.1, 0.15) is 5.75 Å². The van der Waals surface area contributed by atoms with Gasteiger partial charge in [0.15, 0.2) is 5.69 Å². The fraction of sp³-hybridized carbons (Fsp3) is 0.182. The van der Waals surface area contributed by atoms with Crippen LogP contribution in [0.4, 0.5) is 13.2 Å². The second-order valence-electron chi connectivity index (χ2n) is 3.25. The van der Waals surface area contributed by atoms with Crippen LogP contribution in [0.25, 0.3) is 5.69 Å². The molecule has 0 unspecified atom stereocenters. The standard InChI is InChI=1S/C11H8F3N2O/c1-17-9-4-2-8(3-5-9)16-10(6-7-15-16)11(12,13)14/h2-5,7H,1H3. The maximum atomic E-state index is 12.6. The number of halogens is 3. The van der Waals surface area contributed by atoms with Gasteiger partial charge in [0, 0.05) is 6.07 Å². The predicted molar refractivity (Wildman–Crippen MR) is 54.0 cm³/mol. The van der Waals surface area contributed by atoms with Crippen LogP contribution in [0.2, 0.25) is 0 Å². The Hall–Kier alpha value is -1.98. The summed E-state index contributed by atoms with van der Waals surface area (Å²) in [6.07, 6.45) is -3.48. The maximum Gasteiger partial charge on any atom is 0.434 e. The van der Waals surface area contributed by atoms with Crippen LogP contribution < -0.4 is 4.74 Å². The summed E-state index contributed by atoms with van der Waals surface area (Å²) in [6, 6.07) is 8.19. The molecule has 0 atom stereocenters. The monoisotopic (exact) mass is 241 g/mol. The van der Waals surface area contributed by atoms with E-state index in [2.05, 4.69) is 11.2 Å². The van der Waals surface area contributed by atoms with Crippen molar-refractivity contribution >= 4 is 0 Å². The number of aromatic nitrogens is 2. The van der Waals surface area contributed by atoms with E-state index < -0.39 is 11.9 Å². The van der Waals surface area contributed by atoms with Crippen molar-refractivity contribution in [3.05, 3.63) is 42.2 Å². The van der Waals surface area contributed by atoms with Crippen molar-refractivity contribution in [3.63, 3.8) is 0 Å². The van der Waals surface area contributed by atoms with Crippen LogP contribution in [0.1, 0.15) is 5.69 Å². The van der Waals surface area contributed by atoms with E-state index in [1.807, 2.05) is 0 Å². The number of hydrogen-bond donors (Lipinski definition) is 0. The average Bonchev–Trinajstić information content (AvgIpc) is 2.78. The molecule has 0 fully saturated rings. The van der Waals surface area contributed by atoms with Crippen molar-refractivity contribution in [2.45, 2.75) is 6.18 Å². The van der Waals surface area contributed by atoms with Crippen molar-refractivity contribution in [1.82, 2.24) is 9.78 Å². The molecule has 2 rings (SSSR count). The molecule has 1 aromatic carbocycles. The van der Waals surface area contributed by atoms with Crippen molar-refractivity contribution in [3.8, 4) is 11.4 Å². The smallest absolute Gasteiger partial charge is 0.434 e. The van der Waals surface area contributed by atoms with Crippen LogP contribution in [0.15, 0.2) is 30.5 Å². The van der Waals surface area contributed by atoms with E-state index >= 15 is 0 Å². The molecule has 0 aliphatic rings. The van der Waals surface area contributed by atoms with Crippen LogP contribution in [0.3, 0.4) is 0 Å². The third-order valence-corrected chi connectivity index (χ3v) is 2.17. The van der Waals surface area contributed by atoms with Gasteiger partial charge in [0.2, 0.25) is 0 Å². The molecule has 2 aromatic rings. The Morgan fingerprint density at radius 1 is 1.24 bits per heavy atom. The Bertz CT molecular complexity index is 502. The molecule has 0 N–H and O–H groups in total. The summed E-state index contributed by atoms with van der Waals surface area (Å²) in [5.41, 5.74) is -0.623. The molecule has 3 nitrogen and oxygen atoms in total. The lowest BCUT2D eigenvalue weighted by molar-refractivity contribution is -0.143. The zero-order valence-electron chi connectivity index (χ0n) is 8.82. The Kier molecular flexibility index (Phi) is 2.79. The second-order valence-corrected chi connectivity index (χ2v) is 3.25. The number of nitrogens with zero attached hydrogens (tertiary/aromatic N) is 2. The first-order chi connectivity index (χ1) is 8.02. The van der Waals surface area contributed by atoms with Crippen LogP contribution >= 0.6 is 0 Å². The quantitative estimate of drug-likeness (QED) is 0.808. The van der Waals surface area contributed by atoms with Crippen molar-refractivity contribution < 1.29 is 17.9 Å². The van der Waals surface area contributed by atoms with E-state index in [1.54, 1.807) is 12.1 Å². The highest BCUT2D eigenvalue weighted by Crippen LogP contribution is 2.30. The summed E-state index contributed by atoms with van der Waals surface area (Å²) in [6.45, 7) is 0. The number of hydrogen-bond acceptors (Lipinski definition) is 2. The number of benzene rings is 1. The Labute approximate surface area is 95.4 Å². The lowest BCUT2D eigenvalue weighted by atomic mass is 10.3. The molecule has 0 saturated carbocycles. The molecule has 0 aliphatic carbocycles. The van der Waals surface area contributed by atoms with Crippen molar-refractivity contribution in [1.29, 1.82) is 0 Å². The van der Waals surface area contributed by atoms with Gasteiger partial charge in [-0.05, 0) is 24.3 Å². The normalized spacial score (nSPS) is 11.5. The van der Waals surface area contributed by atoms with Gasteiger partial charge in [0.25, 0.3) is 0 Å². The Balaban J connectivity index is 2.43. The molecule has 0 saturated heterocycles. The summed E-state index contributed by atoms with van der Waals surface area (Å²) < 4.78 is 43.5. The van der Waals surface area contributed by atoms with E-state index in [1.165, 1.54) is 19.2 Å². The Morgan fingerprint density at radius 3 is 2.41 bits per heavy atom. The maximum absolute atomic E-state index is 12.6. The molecule has 89 valence electrons. The largest absolute Gasteiger partial charge is 0.497 e. The van der Waals surface area contributed by atoms with Crippen LogP contribution in [-0.2, 0) is 6.18 Å². The first-order valence-electron chi connectivity index (χ1n) is 4.69. The van der Waals surface area contributed by atoms with E-state index in [-0.39, 0.29) is 0 Å². The zero-order valence-corrected chi connectivity index (χ0v) is 8.82. The highest BCUT2D eigenvalue weighted by Gasteiger charge is 2.35. The fourth-order valence-electron chi connectivity index (χ4n) is 1.39. The topological polar surface area (TPSA) is 27.1 Å². The third-order valence-electron chi connectivity index (χ3n) is 2.17. The minimum Gasteiger partial charge on any atom is -0.497 e. The fourth-order valence-corrected chi connectivity index (χ4v) is 1.39. The molecule has 1 aromatic heterocycles. The lowest BCUT2D eigenvalue weighted by Crippen LogP contribution is -2.13. The number of rotatable bonds is 2. The van der Waals surface area contributed by atoms with Gasteiger partial charge in [-0.25, -0.2) is 4.68 Å². The lowest BCUT2D eigenvalue weighted by Gasteiger charge is -2.10. The summed E-state index contributed by atoms with van der Waals surface area (Å²) in [5.74, 6) is 0.568. The molecule has 0 bridgehead atoms. The second kappa shape index (κ2) is 4.12. The van der Waals surface area contributed by atoms with Gasteiger partial charge in [-0.1, -0.05) is 0 Å². The summed E-state index contributed by atoms with van der Waals surface area (Å²) in [7, 11) is 1.48. The molecule has 0 amide bonds. The van der Waals surface area contributed by atoms with Gasteiger partial charge < -0.3 is 4.74 Å². The van der Waals surface area contributed by atoms with Crippen molar-refractivity contribution in [2.24, 2.45) is 0 Å². The molecular formula is C11H8F3N2O. The summed E-state index contributed by atoms with van der Waals surface area (Å²) in [4.78, 5) is 0. The minimum atomic E-state index is -4.48. The van der Waals surface area contributed by atoms with E-state index in [0.29, 0.717) is 11.4 Å². The van der Waals surface area contributed by atoms with Gasteiger partial charge >= 0.3 is 6.18 Å². The van der Waals surface area contributed by atoms with Crippen LogP contribution in [0, 0.1) is 6.07 Å². The molecule has 6 heteroatoms. The highest BCUT2D eigenvalue weighted by molar-refractivity contribution is 5.38. The van der Waals surface area contributed by atoms with E-state index in [4.69, 9.17) is 4.74 Å². The molecule has 17 heavy (non-hydrogen) atoms. The Morgan fingerprint density at radius 2 is 1.88 bits per heavy atom. The van der Waals surface area contributed by atoms with Crippen LogP contribution in [0.5, 0.6) is 5.75 Å². The summed E-state index contributed by atoms with van der Waals surface area (Å²) >= 11 is 0. The first kappa shape index (κ1) is 11.5. The van der Waals surface area contributed by atoms with Gasteiger partial charge in [0.05, 0.1) is 19.0 Å². The number of alkyl halides is 3. The van der Waals surface area contributed by atoms with E-state index in [0.717, 1.165) is 10.9 Å². The average molecular weight is 241 g/mol. The summed E-state index contributed by atoms with van der Waals surface area (Å²) in [5, 5.41) is 3.61.